The minimum atomic E-state index is -1.69. The molecule has 0 unspecified atom stereocenters. The number of pyridine rings is 1. The Morgan fingerprint density at radius 3 is 2.55 bits per heavy atom. The van der Waals surface area contributed by atoms with Crippen molar-refractivity contribution in [3.8, 4) is 6.07 Å². The van der Waals surface area contributed by atoms with E-state index in [0.29, 0.717) is 34.7 Å². The van der Waals surface area contributed by atoms with Crippen molar-refractivity contribution in [3.05, 3.63) is 99.1 Å². The number of nitrogens with zero attached hydrogens (tertiary/aromatic N) is 3. The molecule has 1 N–H and O–H groups in total. The molecule has 9 heteroatoms. The first-order chi connectivity index (χ1) is 18.1. The van der Waals surface area contributed by atoms with Gasteiger partial charge in [0.25, 0.3) is 5.91 Å². The Kier molecular flexibility index (Phi) is 6.56. The Balaban J connectivity index is 1.73. The number of aldehydes is 1. The Labute approximate surface area is 224 Å². The predicted molar refractivity (Wildman–Crippen MR) is 136 cm³/mol. The molecule has 1 atom stereocenters. The van der Waals surface area contributed by atoms with E-state index in [1.807, 2.05) is 6.07 Å². The monoisotopic (exact) mass is 533 g/mol. The molecule has 2 aromatic carbocycles. The van der Waals surface area contributed by atoms with E-state index in [0.717, 1.165) is 6.29 Å². The first-order valence-electron chi connectivity index (χ1n) is 12.2. The molecule has 2 aliphatic rings. The van der Waals surface area contributed by atoms with Crippen molar-refractivity contribution in [3.63, 3.8) is 0 Å². The summed E-state index contributed by atoms with van der Waals surface area (Å²) in [5.41, 5.74) is -1.43. The lowest BCUT2D eigenvalue weighted by Crippen LogP contribution is -2.51. The van der Waals surface area contributed by atoms with Crippen molar-refractivity contribution < 1.29 is 23.8 Å². The zero-order chi connectivity index (χ0) is 27.2. The molecule has 38 heavy (non-hydrogen) atoms. The molecule has 1 amide bonds. The first-order valence-corrected chi connectivity index (χ1v) is 12.6. The van der Waals surface area contributed by atoms with E-state index in [9.17, 15) is 14.7 Å². The van der Waals surface area contributed by atoms with Gasteiger partial charge in [-0.05, 0) is 68.7 Å². The van der Waals surface area contributed by atoms with E-state index in [2.05, 4.69) is 4.98 Å². The van der Waals surface area contributed by atoms with Gasteiger partial charge < -0.3 is 14.6 Å². The molecule has 1 aliphatic heterocycles. The molecule has 3 aromatic rings. The van der Waals surface area contributed by atoms with E-state index in [1.165, 1.54) is 37.1 Å². The van der Waals surface area contributed by atoms with E-state index >= 15 is 4.39 Å². The molecular weight excluding hydrogens is 509 g/mol. The standard InChI is InChI=1S/C29H25ClFN3O4/c1-28(2,37)20-11-24-26(25(31)12-20)29(19-4-6-21(30)7-5-19,38-23-9-18(10-23)16-35)34(27(24)36)15-22-8-3-17(13-32)14-33-22/h3-8,11-12,14,16,18,23,37H,9-10,15H2,1-2H3/t18?,23?,29-/m1/s1. The molecule has 0 radical (unpaired) electrons. The maximum atomic E-state index is 16.1. The number of carbonyl (C=O) groups is 2. The van der Waals surface area contributed by atoms with Crippen molar-refractivity contribution in [1.82, 2.24) is 9.88 Å². The molecule has 7 nitrogen and oxygen atoms in total. The summed E-state index contributed by atoms with van der Waals surface area (Å²) in [7, 11) is 0. The summed E-state index contributed by atoms with van der Waals surface area (Å²) in [6.07, 6.45) is 2.74. The van der Waals surface area contributed by atoms with Gasteiger partial charge in [0.15, 0.2) is 0 Å². The fraction of sp³-hybridized carbons (Fsp3) is 0.310. The lowest BCUT2D eigenvalue weighted by atomic mass is 9.82. The minimum Gasteiger partial charge on any atom is -0.386 e. The smallest absolute Gasteiger partial charge is 0.257 e. The highest BCUT2D eigenvalue weighted by atomic mass is 35.5. The fourth-order valence-electron chi connectivity index (χ4n) is 5.05. The molecule has 5 rings (SSSR count). The van der Waals surface area contributed by atoms with Crippen molar-refractivity contribution >= 4 is 23.8 Å². The third-order valence-electron chi connectivity index (χ3n) is 7.16. The van der Waals surface area contributed by atoms with Crippen LogP contribution in [0, 0.1) is 23.1 Å². The summed E-state index contributed by atoms with van der Waals surface area (Å²) in [5, 5.41) is 20.2. The van der Waals surface area contributed by atoms with E-state index in [1.54, 1.807) is 36.4 Å². The molecule has 0 spiro atoms. The zero-order valence-electron chi connectivity index (χ0n) is 20.8. The van der Waals surface area contributed by atoms with Crippen LogP contribution in [-0.4, -0.2) is 33.3 Å². The highest BCUT2D eigenvalue weighted by Crippen LogP contribution is 2.51. The molecule has 0 saturated heterocycles. The highest BCUT2D eigenvalue weighted by Gasteiger charge is 2.56. The van der Waals surface area contributed by atoms with Crippen LogP contribution in [0.25, 0.3) is 0 Å². The summed E-state index contributed by atoms with van der Waals surface area (Å²) < 4.78 is 22.8. The van der Waals surface area contributed by atoms with Gasteiger partial charge in [-0.25, -0.2) is 4.39 Å². The fourth-order valence-corrected chi connectivity index (χ4v) is 5.17. The number of ether oxygens (including phenoxy) is 1. The Morgan fingerprint density at radius 1 is 1.26 bits per heavy atom. The van der Waals surface area contributed by atoms with Gasteiger partial charge in [-0.2, -0.15) is 5.26 Å². The number of carbonyl (C=O) groups excluding carboxylic acids is 2. The number of hydrogen-bond acceptors (Lipinski definition) is 6. The third-order valence-corrected chi connectivity index (χ3v) is 7.41. The lowest BCUT2D eigenvalue weighted by Gasteiger charge is -2.45. The van der Waals surface area contributed by atoms with E-state index in [4.69, 9.17) is 21.6 Å². The largest absolute Gasteiger partial charge is 0.386 e. The van der Waals surface area contributed by atoms with Gasteiger partial charge >= 0.3 is 0 Å². The van der Waals surface area contributed by atoms with Gasteiger partial charge in [0.2, 0.25) is 5.72 Å². The van der Waals surface area contributed by atoms with Gasteiger partial charge in [-0.3, -0.25) is 14.7 Å². The van der Waals surface area contributed by atoms with Gasteiger partial charge in [0.05, 0.1) is 40.6 Å². The summed E-state index contributed by atoms with van der Waals surface area (Å²) in [4.78, 5) is 31.1. The zero-order valence-corrected chi connectivity index (χ0v) is 21.6. The molecule has 1 aromatic heterocycles. The molecule has 194 valence electrons. The average molecular weight is 534 g/mol. The maximum Gasteiger partial charge on any atom is 0.257 e. The molecule has 1 saturated carbocycles. The highest BCUT2D eigenvalue weighted by molar-refractivity contribution is 6.30. The second-order valence-corrected chi connectivity index (χ2v) is 10.7. The quantitative estimate of drug-likeness (QED) is 0.436. The SMILES string of the molecule is CC(C)(O)c1cc(F)c2c(c1)C(=O)N(Cc1ccc(C#N)cn1)[C@@]2(OC1CC(C=O)C1)c1ccc(Cl)cc1. The second kappa shape index (κ2) is 9.59. The van der Waals surface area contributed by atoms with Gasteiger partial charge in [-0.1, -0.05) is 23.7 Å². The van der Waals surface area contributed by atoms with Crippen LogP contribution in [0.3, 0.4) is 0 Å². The maximum absolute atomic E-state index is 16.1. The van der Waals surface area contributed by atoms with Crippen LogP contribution in [0.5, 0.6) is 0 Å². The Bertz CT molecular complexity index is 1440. The predicted octanol–water partition coefficient (Wildman–Crippen LogP) is 4.82. The summed E-state index contributed by atoms with van der Waals surface area (Å²) in [5.74, 6) is -1.38. The number of benzene rings is 2. The number of halogens is 2. The molecule has 1 aliphatic carbocycles. The number of amides is 1. The van der Waals surface area contributed by atoms with Crippen molar-refractivity contribution in [2.45, 2.75) is 50.7 Å². The van der Waals surface area contributed by atoms with Crippen LogP contribution in [0.15, 0.2) is 54.7 Å². The lowest BCUT2D eigenvalue weighted by molar-refractivity contribution is -0.180. The van der Waals surface area contributed by atoms with Gasteiger partial charge in [0, 0.05) is 22.7 Å². The number of aliphatic hydroxyl groups is 1. The summed E-state index contributed by atoms with van der Waals surface area (Å²) in [6.45, 7) is 2.98. The number of hydrogen-bond donors (Lipinski definition) is 1. The van der Waals surface area contributed by atoms with Crippen LogP contribution >= 0.6 is 11.6 Å². The molecule has 1 fully saturated rings. The van der Waals surface area contributed by atoms with E-state index in [-0.39, 0.29) is 29.2 Å². The number of rotatable bonds is 7. The average Bonchev–Trinajstić information content (AvgIpc) is 3.10. The van der Waals surface area contributed by atoms with Crippen LogP contribution in [-0.2, 0) is 27.4 Å². The number of fused-ring (bicyclic) bond motifs is 1. The molecular formula is C29H25ClFN3O4. The van der Waals surface area contributed by atoms with Crippen molar-refractivity contribution in [1.29, 1.82) is 5.26 Å². The van der Waals surface area contributed by atoms with Crippen LogP contribution in [0.4, 0.5) is 4.39 Å². The number of aromatic nitrogens is 1. The van der Waals surface area contributed by atoms with E-state index < -0.39 is 29.2 Å². The van der Waals surface area contributed by atoms with Crippen molar-refractivity contribution in [2.75, 3.05) is 0 Å². The Hall–Kier alpha value is -3.64. The third kappa shape index (κ3) is 4.37. The minimum absolute atomic E-state index is 0.0287. The number of nitriles is 1. The summed E-state index contributed by atoms with van der Waals surface area (Å²) in [6, 6.07) is 14.6. The molecule has 2 heterocycles. The second-order valence-electron chi connectivity index (χ2n) is 10.2. The van der Waals surface area contributed by atoms with Gasteiger partial charge in [0.1, 0.15) is 18.2 Å². The van der Waals surface area contributed by atoms with Crippen LogP contribution in [0.1, 0.15) is 65.0 Å². The normalized spacial score (nSPS) is 22.5. The molecule has 0 bridgehead atoms. The first kappa shape index (κ1) is 26.0. The van der Waals surface area contributed by atoms with Crippen LogP contribution < -0.4 is 0 Å². The Morgan fingerprint density at radius 2 is 1.97 bits per heavy atom. The van der Waals surface area contributed by atoms with Crippen LogP contribution in [0.2, 0.25) is 5.02 Å². The topological polar surface area (TPSA) is 104 Å². The van der Waals surface area contributed by atoms with Gasteiger partial charge in [-0.15, -0.1) is 0 Å². The summed E-state index contributed by atoms with van der Waals surface area (Å²) >= 11 is 6.17. The van der Waals surface area contributed by atoms with Crippen molar-refractivity contribution in [2.24, 2.45) is 5.92 Å².